The topological polar surface area (TPSA) is 71.4 Å². The first-order valence-electron chi connectivity index (χ1n) is 6.08. The molecule has 0 saturated carbocycles. The van der Waals surface area contributed by atoms with Crippen molar-refractivity contribution in [3.05, 3.63) is 37.9 Å². The third kappa shape index (κ3) is 2.97. The fourth-order valence-electron chi connectivity index (χ4n) is 1.38. The fourth-order valence-corrected chi connectivity index (χ4v) is 1.38. The Morgan fingerprint density at radius 1 is 1.12 bits per heavy atom. The molecule has 1 atom stereocenters. The Morgan fingerprint density at radius 2 is 1.41 bits per heavy atom. The number of hydrogen-bond acceptors (Lipinski definition) is 4. The zero-order valence-corrected chi connectivity index (χ0v) is 10.8. The molecule has 0 aliphatic carbocycles. The normalized spacial score (nSPS) is 16.2. The molecule has 0 aliphatic heterocycles. The van der Waals surface area contributed by atoms with Gasteiger partial charge in [0, 0.05) is 21.7 Å². The quantitative estimate of drug-likeness (QED) is 0.419. The van der Waals surface area contributed by atoms with Gasteiger partial charge in [0.15, 0.2) is 22.8 Å². The molecule has 5 heteroatoms. The maximum atomic E-state index is 11.9. The van der Waals surface area contributed by atoms with E-state index in [0.717, 1.165) is 6.92 Å². The zero-order chi connectivity index (χ0) is 15.1. The van der Waals surface area contributed by atoms with Crippen LogP contribution in [-0.4, -0.2) is 28.6 Å². The van der Waals surface area contributed by atoms with Gasteiger partial charge in [0.2, 0.25) is 0 Å². The van der Waals surface area contributed by atoms with Crippen LogP contribution in [0, 0.1) is 5.41 Å². The van der Waals surface area contributed by atoms with Gasteiger partial charge >= 0.3 is 0 Å². The Bertz CT molecular complexity index is 396. The molecular formula is C12H14O4Ti. The van der Waals surface area contributed by atoms with Crippen molar-refractivity contribution in [3.8, 4) is 0 Å². The second-order valence-corrected chi connectivity index (χ2v) is 3.08. The Labute approximate surface area is 119 Å². The Morgan fingerprint density at radius 3 is 1.59 bits per heavy atom. The van der Waals surface area contributed by atoms with Gasteiger partial charge in [0.25, 0.3) is 0 Å². The van der Waals surface area contributed by atoms with Gasteiger partial charge in [-0.25, -0.2) is 0 Å². The van der Waals surface area contributed by atoms with E-state index in [2.05, 4.69) is 0 Å². The molecule has 0 spiro atoms. The van der Waals surface area contributed by atoms with E-state index in [9.17, 15) is 19.5 Å². The Kier molecular flexibility index (Phi) is 5.29. The van der Waals surface area contributed by atoms with E-state index in [-0.39, 0.29) is 21.7 Å². The van der Waals surface area contributed by atoms with Crippen LogP contribution in [0.2, 0.25) is 0 Å². The minimum absolute atomic E-state index is 0. The third-order valence-corrected chi connectivity index (χ3v) is 2.25. The van der Waals surface area contributed by atoms with Crippen LogP contribution in [0.5, 0.6) is 0 Å². The number of carbonyl (C=O) groups is 3. The number of ketones is 3. The largest absolute Gasteiger partial charge is 0.391 e. The number of aliphatic hydroxyl groups excluding tert-OH is 1. The van der Waals surface area contributed by atoms with E-state index in [1.165, 1.54) is 0 Å². The summed E-state index contributed by atoms with van der Waals surface area (Å²) in [5, 5.41) is 9.71. The number of carbonyl (C=O) groups excluding carboxylic acids is 3. The van der Waals surface area contributed by atoms with Crippen molar-refractivity contribution >= 4 is 17.3 Å². The van der Waals surface area contributed by atoms with Gasteiger partial charge in [-0.3, -0.25) is 14.4 Å². The third-order valence-electron chi connectivity index (χ3n) is 2.25. The Balaban J connectivity index is 0. The van der Waals surface area contributed by atoms with E-state index in [0.29, 0.717) is 37.9 Å². The summed E-state index contributed by atoms with van der Waals surface area (Å²) in [5.41, 5.74) is -2.45. The summed E-state index contributed by atoms with van der Waals surface area (Å²) in [5.74, 6) is -3.20. The predicted molar refractivity (Wildman–Crippen MR) is 59.7 cm³/mol. The molecule has 0 radical (unpaired) electrons. The van der Waals surface area contributed by atoms with Crippen molar-refractivity contribution in [3.63, 3.8) is 0 Å². The average molecular weight is 273 g/mol. The number of rotatable bonds is 7. The number of aliphatic hydroxyl groups is 1. The summed E-state index contributed by atoms with van der Waals surface area (Å²) in [6, 6.07) is 0. The summed E-state index contributed by atoms with van der Waals surface area (Å²) in [4.78, 5) is 35.8. The maximum Gasteiger partial charge on any atom is 0.182 e. The molecule has 0 aromatic heterocycles. The average Bonchev–Trinajstić information content (AvgIpc) is 2.30. The summed E-state index contributed by atoms with van der Waals surface area (Å²) in [6.45, 7) is 2.86. The first kappa shape index (κ1) is 12.4. The smallest absolute Gasteiger partial charge is 0.182 e. The van der Waals surface area contributed by atoms with Gasteiger partial charge in [-0.15, -0.1) is 0 Å². The van der Waals surface area contributed by atoms with Gasteiger partial charge < -0.3 is 5.11 Å². The first-order chi connectivity index (χ1) is 8.89. The van der Waals surface area contributed by atoms with Crippen molar-refractivity contribution in [2.24, 2.45) is 5.41 Å². The predicted octanol–water partition coefficient (Wildman–Crippen LogP) is 0.616. The SMILES string of the molecule is [2H]/C=C/C(=O)C(C(=O)/C=C/[2H])(C(=O)/C=C/[2H])C(C)O.[Ti]. The molecule has 0 rings (SSSR count). The molecule has 0 fully saturated rings. The maximum absolute atomic E-state index is 11.9. The van der Waals surface area contributed by atoms with Crippen LogP contribution in [0.25, 0.3) is 0 Å². The van der Waals surface area contributed by atoms with Crippen LogP contribution in [0.3, 0.4) is 0 Å². The summed E-state index contributed by atoms with van der Waals surface area (Å²) < 4.78 is 20.5. The van der Waals surface area contributed by atoms with Crippen molar-refractivity contribution in [2.45, 2.75) is 13.0 Å². The van der Waals surface area contributed by atoms with E-state index in [1.54, 1.807) is 0 Å². The second-order valence-electron chi connectivity index (χ2n) is 3.08. The van der Waals surface area contributed by atoms with Gasteiger partial charge in [0.1, 0.15) is 0 Å². The van der Waals surface area contributed by atoms with Crippen LogP contribution >= 0.6 is 0 Å². The van der Waals surface area contributed by atoms with E-state index in [1.807, 2.05) is 0 Å². The number of allylic oxidation sites excluding steroid dienone is 3. The van der Waals surface area contributed by atoms with E-state index >= 15 is 0 Å². The van der Waals surface area contributed by atoms with Crippen LogP contribution in [0.1, 0.15) is 11.0 Å². The molecule has 0 heterocycles. The van der Waals surface area contributed by atoms with Gasteiger partial charge in [0.05, 0.1) is 10.2 Å². The Hall–Kier alpha value is -1.10. The molecule has 0 amide bonds. The van der Waals surface area contributed by atoms with Gasteiger partial charge in [-0.1, -0.05) is 19.7 Å². The van der Waals surface area contributed by atoms with Gasteiger partial charge in [-0.05, 0) is 25.2 Å². The van der Waals surface area contributed by atoms with Gasteiger partial charge in [-0.2, -0.15) is 0 Å². The second kappa shape index (κ2) is 7.27. The van der Waals surface area contributed by atoms with Crippen LogP contribution in [0.15, 0.2) is 37.9 Å². The molecule has 0 aromatic rings. The molecular weight excluding hydrogens is 256 g/mol. The molecule has 1 unspecified atom stereocenters. The van der Waals surface area contributed by atoms with Crippen molar-refractivity contribution in [1.29, 1.82) is 0 Å². The standard InChI is InChI=1S/C12H14O4.Ti/c1-5-9(14)12(8(4)13,10(15)6-2)11(16)7-3;/h5-8,13H,1-3H2,4H3;/i1D,2D,3D;/b5-1+,6-2+,7-3+;. The minimum Gasteiger partial charge on any atom is -0.391 e. The first-order valence-corrected chi connectivity index (χ1v) is 4.35. The molecule has 0 saturated heterocycles. The molecule has 0 bridgehead atoms. The molecule has 0 aromatic carbocycles. The molecule has 1 N–H and O–H groups in total. The fraction of sp³-hybridized carbons (Fsp3) is 0.250. The summed E-state index contributed by atoms with van der Waals surface area (Å²) >= 11 is 0. The monoisotopic (exact) mass is 273 g/mol. The minimum atomic E-state index is -2.45. The van der Waals surface area contributed by atoms with Crippen LogP contribution < -0.4 is 0 Å². The zero-order valence-electron chi connectivity index (χ0n) is 12.2. The summed E-state index contributed by atoms with van der Waals surface area (Å²) in [6.07, 6.45) is 0.373. The van der Waals surface area contributed by atoms with E-state index < -0.39 is 28.9 Å². The summed E-state index contributed by atoms with van der Waals surface area (Å²) in [7, 11) is 0. The van der Waals surface area contributed by atoms with E-state index in [4.69, 9.17) is 4.11 Å². The van der Waals surface area contributed by atoms with Crippen molar-refractivity contribution in [1.82, 2.24) is 0 Å². The molecule has 17 heavy (non-hydrogen) atoms. The molecule has 0 aliphatic rings. The molecule has 90 valence electrons. The van der Waals surface area contributed by atoms with Crippen molar-refractivity contribution < 1.29 is 45.3 Å². The molecule has 4 nitrogen and oxygen atoms in total. The van der Waals surface area contributed by atoms with Crippen molar-refractivity contribution in [2.75, 3.05) is 0 Å². The van der Waals surface area contributed by atoms with Crippen LogP contribution in [-0.2, 0) is 36.1 Å². The van der Waals surface area contributed by atoms with Crippen LogP contribution in [0.4, 0.5) is 0 Å². The number of hydrogen-bond donors (Lipinski definition) is 1.